The Kier molecular flexibility index (Phi) is 6.41. The fourth-order valence-electron chi connectivity index (χ4n) is 3.84. The van der Waals surface area contributed by atoms with Crippen LogP contribution in [0.25, 0.3) is 0 Å². The predicted molar refractivity (Wildman–Crippen MR) is 120 cm³/mol. The number of carbonyl (C=O) groups excluding carboxylic acids is 2. The summed E-state index contributed by atoms with van der Waals surface area (Å²) in [7, 11) is -3.84. The summed E-state index contributed by atoms with van der Waals surface area (Å²) in [6.45, 7) is 2.32. The zero-order valence-electron chi connectivity index (χ0n) is 17.5. The molecule has 2 aromatic carbocycles. The normalized spacial score (nSPS) is 21.2. The topological polar surface area (TPSA) is 105 Å². The number of carbonyl (C=O) groups is 2. The van der Waals surface area contributed by atoms with E-state index in [4.69, 9.17) is 16.3 Å². The van der Waals surface area contributed by atoms with E-state index in [9.17, 15) is 18.0 Å². The highest BCUT2D eigenvalue weighted by atomic mass is 35.5. The van der Waals surface area contributed by atoms with Crippen LogP contribution in [0.1, 0.15) is 25.3 Å². The molecular formula is C22H24ClN3O5S. The molecule has 2 aromatic rings. The van der Waals surface area contributed by atoms with E-state index in [1.54, 1.807) is 13.0 Å². The van der Waals surface area contributed by atoms with Gasteiger partial charge in [-0.2, -0.15) is 4.31 Å². The van der Waals surface area contributed by atoms with Crippen LogP contribution in [0.3, 0.4) is 0 Å². The van der Waals surface area contributed by atoms with Crippen LogP contribution in [-0.2, 0) is 26.2 Å². The Morgan fingerprint density at radius 2 is 2.06 bits per heavy atom. The number of amides is 2. The Labute approximate surface area is 191 Å². The van der Waals surface area contributed by atoms with Crippen LogP contribution >= 0.6 is 11.6 Å². The van der Waals surface area contributed by atoms with E-state index in [0.29, 0.717) is 35.8 Å². The lowest BCUT2D eigenvalue weighted by atomic mass is 9.99. The maximum Gasteiger partial charge on any atom is 0.265 e. The second-order valence-electron chi connectivity index (χ2n) is 7.92. The molecule has 2 aliphatic rings. The number of nitrogens with one attached hydrogen (secondary N) is 2. The number of rotatable bonds is 5. The minimum atomic E-state index is -3.84. The number of hydrogen-bond acceptors (Lipinski definition) is 5. The van der Waals surface area contributed by atoms with Gasteiger partial charge in [0.05, 0.1) is 16.5 Å². The molecule has 1 fully saturated rings. The molecule has 0 aliphatic carbocycles. The van der Waals surface area contributed by atoms with Gasteiger partial charge < -0.3 is 15.4 Å². The van der Waals surface area contributed by atoms with Crippen LogP contribution < -0.4 is 15.4 Å². The number of ether oxygens (including phenoxy) is 1. The van der Waals surface area contributed by atoms with Gasteiger partial charge in [-0.1, -0.05) is 29.8 Å². The van der Waals surface area contributed by atoms with Gasteiger partial charge in [0.1, 0.15) is 5.75 Å². The van der Waals surface area contributed by atoms with Gasteiger partial charge in [0, 0.05) is 24.7 Å². The highest BCUT2D eigenvalue weighted by molar-refractivity contribution is 7.89. The average molecular weight is 478 g/mol. The summed E-state index contributed by atoms with van der Waals surface area (Å²) in [5.41, 5.74) is 1.12. The first-order valence-electron chi connectivity index (χ1n) is 10.4. The van der Waals surface area contributed by atoms with Crippen molar-refractivity contribution in [1.82, 2.24) is 9.62 Å². The number of sulfonamides is 1. The van der Waals surface area contributed by atoms with E-state index in [1.165, 1.54) is 22.5 Å². The van der Waals surface area contributed by atoms with Gasteiger partial charge >= 0.3 is 0 Å². The number of anilines is 1. The summed E-state index contributed by atoms with van der Waals surface area (Å²) in [4.78, 5) is 24.6. The second kappa shape index (κ2) is 9.09. The minimum Gasteiger partial charge on any atom is -0.479 e. The van der Waals surface area contributed by atoms with Crippen molar-refractivity contribution in [2.75, 3.05) is 18.4 Å². The van der Waals surface area contributed by atoms with Crippen molar-refractivity contribution in [3.05, 3.63) is 53.1 Å². The molecule has 4 rings (SSSR count). The van der Waals surface area contributed by atoms with Gasteiger partial charge in [0.15, 0.2) is 6.10 Å². The Morgan fingerprint density at radius 3 is 2.84 bits per heavy atom. The molecule has 8 nitrogen and oxygen atoms in total. The van der Waals surface area contributed by atoms with E-state index in [0.717, 1.165) is 5.56 Å². The minimum absolute atomic E-state index is 0.0480. The third kappa shape index (κ3) is 4.60. The Hall–Kier alpha value is -2.62. The molecule has 32 heavy (non-hydrogen) atoms. The fourth-order valence-corrected chi connectivity index (χ4v) is 5.59. The van der Waals surface area contributed by atoms with Crippen LogP contribution in [0.15, 0.2) is 47.4 Å². The van der Waals surface area contributed by atoms with Crippen LogP contribution in [0.2, 0.25) is 5.02 Å². The van der Waals surface area contributed by atoms with Crippen LogP contribution in [0.5, 0.6) is 5.75 Å². The van der Waals surface area contributed by atoms with Crippen molar-refractivity contribution in [2.24, 2.45) is 5.92 Å². The Balaban J connectivity index is 1.45. The van der Waals surface area contributed by atoms with E-state index >= 15 is 0 Å². The van der Waals surface area contributed by atoms with Crippen molar-refractivity contribution < 1.29 is 22.7 Å². The van der Waals surface area contributed by atoms with Crippen molar-refractivity contribution >= 4 is 39.1 Å². The van der Waals surface area contributed by atoms with E-state index < -0.39 is 22.0 Å². The highest BCUT2D eigenvalue weighted by Crippen LogP contribution is 2.33. The molecule has 2 N–H and O–H groups in total. The molecule has 2 atom stereocenters. The SMILES string of the molecule is C[C@H]1Oc2ccc(S(=O)(=O)N3CCC[C@H](C(=O)NCc4ccccc4Cl)C3)cc2NC1=O. The van der Waals surface area contributed by atoms with E-state index in [-0.39, 0.29) is 29.8 Å². The maximum atomic E-state index is 13.2. The van der Waals surface area contributed by atoms with Gasteiger partial charge in [0.2, 0.25) is 15.9 Å². The second-order valence-corrected chi connectivity index (χ2v) is 10.3. The van der Waals surface area contributed by atoms with Gasteiger partial charge in [-0.3, -0.25) is 9.59 Å². The smallest absolute Gasteiger partial charge is 0.265 e. The number of benzene rings is 2. The van der Waals surface area contributed by atoms with Crippen molar-refractivity contribution in [3.8, 4) is 5.75 Å². The lowest BCUT2D eigenvalue weighted by Crippen LogP contribution is -2.45. The number of nitrogens with zero attached hydrogens (tertiary/aromatic N) is 1. The molecular weight excluding hydrogens is 454 g/mol. The Bertz CT molecular complexity index is 1150. The van der Waals surface area contributed by atoms with Crippen LogP contribution in [0, 0.1) is 5.92 Å². The summed E-state index contributed by atoms with van der Waals surface area (Å²) in [5.74, 6) is -0.570. The molecule has 2 aliphatic heterocycles. The average Bonchev–Trinajstić information content (AvgIpc) is 2.79. The molecule has 0 aromatic heterocycles. The standard InChI is InChI=1S/C22H24ClN3O5S/c1-14-21(27)25-19-11-17(8-9-20(19)31-14)32(29,30)26-10-4-6-16(13-26)22(28)24-12-15-5-2-3-7-18(15)23/h2-3,5,7-9,11,14,16H,4,6,10,12-13H2,1H3,(H,24,28)(H,25,27)/t14-,16+/m1/s1. The largest absolute Gasteiger partial charge is 0.479 e. The maximum absolute atomic E-state index is 13.2. The number of halogens is 1. The first-order valence-corrected chi connectivity index (χ1v) is 12.2. The number of hydrogen-bond donors (Lipinski definition) is 2. The van der Waals surface area contributed by atoms with Gasteiger partial charge in [-0.15, -0.1) is 0 Å². The van der Waals surface area contributed by atoms with Crippen molar-refractivity contribution in [1.29, 1.82) is 0 Å². The third-order valence-electron chi connectivity index (χ3n) is 5.69. The lowest BCUT2D eigenvalue weighted by molar-refractivity contribution is -0.126. The van der Waals surface area contributed by atoms with Gasteiger partial charge in [0.25, 0.3) is 5.91 Å². The van der Waals surface area contributed by atoms with Crippen LogP contribution in [-0.4, -0.2) is 43.7 Å². The third-order valence-corrected chi connectivity index (χ3v) is 7.92. The number of piperidine rings is 1. The summed E-state index contributed by atoms with van der Waals surface area (Å²) >= 11 is 6.14. The fraction of sp³-hybridized carbons (Fsp3) is 0.364. The quantitative estimate of drug-likeness (QED) is 0.689. The van der Waals surface area contributed by atoms with E-state index in [1.807, 2.05) is 18.2 Å². The summed E-state index contributed by atoms with van der Waals surface area (Å²) in [6.07, 6.45) is 0.537. The zero-order valence-corrected chi connectivity index (χ0v) is 19.1. The van der Waals surface area contributed by atoms with Gasteiger partial charge in [-0.05, 0) is 49.6 Å². The van der Waals surface area contributed by atoms with Gasteiger partial charge in [-0.25, -0.2) is 8.42 Å². The van der Waals surface area contributed by atoms with Crippen molar-refractivity contribution in [3.63, 3.8) is 0 Å². The first kappa shape index (κ1) is 22.6. The van der Waals surface area contributed by atoms with Crippen molar-refractivity contribution in [2.45, 2.75) is 37.3 Å². The lowest BCUT2D eigenvalue weighted by Gasteiger charge is -2.31. The summed E-state index contributed by atoms with van der Waals surface area (Å²) < 4.78 is 33.3. The Morgan fingerprint density at radius 1 is 1.28 bits per heavy atom. The molecule has 2 heterocycles. The molecule has 0 bridgehead atoms. The molecule has 0 saturated carbocycles. The molecule has 2 amide bonds. The molecule has 0 radical (unpaired) electrons. The molecule has 10 heteroatoms. The van der Waals surface area contributed by atoms with Crippen LogP contribution in [0.4, 0.5) is 5.69 Å². The monoisotopic (exact) mass is 477 g/mol. The summed E-state index contributed by atoms with van der Waals surface area (Å²) in [6, 6.07) is 11.6. The highest BCUT2D eigenvalue weighted by Gasteiger charge is 2.34. The summed E-state index contributed by atoms with van der Waals surface area (Å²) in [5, 5.41) is 6.10. The molecule has 170 valence electrons. The molecule has 0 unspecified atom stereocenters. The van der Waals surface area contributed by atoms with E-state index in [2.05, 4.69) is 10.6 Å². The zero-order chi connectivity index (χ0) is 22.9. The molecule has 0 spiro atoms. The molecule has 1 saturated heterocycles. The first-order chi connectivity index (χ1) is 15.3. The predicted octanol–water partition coefficient (Wildman–Crippen LogP) is 2.78. The number of fused-ring (bicyclic) bond motifs is 1.